The first-order chi connectivity index (χ1) is 16.7. The van der Waals surface area contributed by atoms with E-state index >= 15 is 0 Å². The molecule has 35 heavy (non-hydrogen) atoms. The summed E-state index contributed by atoms with van der Waals surface area (Å²) < 4.78 is 0. The van der Waals surface area contributed by atoms with E-state index in [9.17, 15) is 9.59 Å². The Kier molecular flexibility index (Phi) is 6.14. The molecule has 1 aliphatic heterocycles. The van der Waals surface area contributed by atoms with Crippen LogP contribution in [0.3, 0.4) is 0 Å². The van der Waals surface area contributed by atoms with Crippen LogP contribution in [0.5, 0.6) is 0 Å². The third-order valence-corrected chi connectivity index (χ3v) is 7.94. The number of hydrogen-bond acceptors (Lipinski definition) is 3. The summed E-state index contributed by atoms with van der Waals surface area (Å²) >= 11 is 0. The summed E-state index contributed by atoms with van der Waals surface area (Å²) in [5.74, 6) is -0.327. The molecule has 1 saturated heterocycles. The summed E-state index contributed by atoms with van der Waals surface area (Å²) in [4.78, 5) is 28.5. The van der Waals surface area contributed by atoms with Crippen LogP contribution >= 0.6 is 0 Å². The Morgan fingerprint density at radius 2 is 1.66 bits per heavy atom. The molecule has 3 aromatic carbocycles. The van der Waals surface area contributed by atoms with Gasteiger partial charge in [-0.3, -0.25) is 9.59 Å². The number of amides is 2. The molecule has 2 aliphatic rings. The number of nitrogens with two attached hydrogens (primary N) is 1. The molecule has 0 aromatic heterocycles. The zero-order chi connectivity index (χ0) is 24.6. The van der Waals surface area contributed by atoms with Crippen LogP contribution in [-0.4, -0.2) is 41.4 Å². The van der Waals surface area contributed by atoms with Crippen molar-refractivity contribution in [1.82, 2.24) is 10.2 Å². The fourth-order valence-corrected chi connectivity index (χ4v) is 5.80. The second kappa shape index (κ2) is 9.12. The summed E-state index contributed by atoms with van der Waals surface area (Å²) in [6, 6.07) is 22.5. The highest BCUT2D eigenvalue weighted by atomic mass is 16.2. The Morgan fingerprint density at radius 3 is 2.40 bits per heavy atom. The van der Waals surface area contributed by atoms with E-state index in [2.05, 4.69) is 53.8 Å². The fourth-order valence-electron chi connectivity index (χ4n) is 5.80. The Balaban J connectivity index is 1.34. The van der Waals surface area contributed by atoms with Crippen molar-refractivity contribution >= 4 is 22.6 Å². The summed E-state index contributed by atoms with van der Waals surface area (Å²) in [5, 5.41) is 5.26. The molecule has 0 saturated carbocycles. The molecule has 1 atom stereocenters. The minimum Gasteiger partial charge on any atom is -0.342 e. The third kappa shape index (κ3) is 4.70. The lowest BCUT2D eigenvalue weighted by molar-refractivity contribution is -0.138. The Morgan fingerprint density at radius 1 is 0.971 bits per heavy atom. The average Bonchev–Trinajstić information content (AvgIpc) is 3.21. The molecule has 5 heteroatoms. The van der Waals surface area contributed by atoms with Gasteiger partial charge >= 0.3 is 0 Å². The molecule has 3 aromatic rings. The Labute approximate surface area is 207 Å². The summed E-state index contributed by atoms with van der Waals surface area (Å²) in [6.07, 6.45) is 4.66. The highest BCUT2D eigenvalue weighted by Gasteiger charge is 2.42. The van der Waals surface area contributed by atoms with Gasteiger partial charge in [-0.2, -0.15) is 0 Å². The van der Waals surface area contributed by atoms with Crippen molar-refractivity contribution in [3.05, 3.63) is 83.4 Å². The molecular weight excluding hydrogens is 434 g/mol. The van der Waals surface area contributed by atoms with Crippen molar-refractivity contribution in [3.8, 4) is 0 Å². The fraction of sp³-hybridized carbons (Fsp3) is 0.400. The lowest BCUT2D eigenvalue weighted by Crippen LogP contribution is -2.58. The molecule has 1 aliphatic carbocycles. The summed E-state index contributed by atoms with van der Waals surface area (Å²) in [6.45, 7) is 4.76. The number of carbonyl (C=O) groups is 2. The molecular formula is C30H35N3O2. The molecule has 1 fully saturated rings. The Bertz CT molecular complexity index is 1250. The van der Waals surface area contributed by atoms with Crippen LogP contribution in [0, 0.1) is 0 Å². The van der Waals surface area contributed by atoms with E-state index in [1.807, 2.05) is 23.1 Å². The minimum atomic E-state index is -1.05. The number of hydrogen-bond donors (Lipinski definition) is 2. The monoisotopic (exact) mass is 469 g/mol. The first-order valence-corrected chi connectivity index (χ1v) is 12.7. The molecule has 5 rings (SSSR count). The molecule has 3 N–H and O–H groups in total. The maximum Gasteiger partial charge on any atom is 0.245 e. The largest absolute Gasteiger partial charge is 0.342 e. The van der Waals surface area contributed by atoms with Crippen molar-refractivity contribution in [2.24, 2.45) is 5.73 Å². The van der Waals surface area contributed by atoms with E-state index in [0.29, 0.717) is 19.5 Å². The number of piperidine rings is 1. The van der Waals surface area contributed by atoms with Crippen LogP contribution in [0.4, 0.5) is 0 Å². The number of nitrogens with one attached hydrogen (secondary N) is 1. The number of fused-ring (bicyclic) bond motifs is 3. The Hall–Kier alpha value is -3.18. The van der Waals surface area contributed by atoms with E-state index in [1.165, 1.54) is 11.1 Å². The highest BCUT2D eigenvalue weighted by molar-refractivity contribution is 5.92. The second-order valence-electron chi connectivity index (χ2n) is 10.9. The van der Waals surface area contributed by atoms with Gasteiger partial charge in [-0.1, -0.05) is 66.7 Å². The molecule has 0 radical (unpaired) electrons. The number of benzene rings is 3. The van der Waals surface area contributed by atoms with Gasteiger partial charge in [0.15, 0.2) is 0 Å². The number of rotatable bonds is 5. The second-order valence-corrected chi connectivity index (χ2v) is 10.9. The quantitative estimate of drug-likeness (QED) is 0.591. The van der Waals surface area contributed by atoms with Crippen LogP contribution in [-0.2, 0) is 27.8 Å². The van der Waals surface area contributed by atoms with Crippen LogP contribution in [0.1, 0.15) is 49.8 Å². The van der Waals surface area contributed by atoms with Gasteiger partial charge in [0, 0.05) is 19.5 Å². The van der Waals surface area contributed by atoms with Crippen molar-refractivity contribution in [1.29, 1.82) is 0 Å². The van der Waals surface area contributed by atoms with E-state index in [4.69, 9.17) is 5.73 Å². The van der Waals surface area contributed by atoms with E-state index in [-0.39, 0.29) is 17.2 Å². The van der Waals surface area contributed by atoms with Gasteiger partial charge < -0.3 is 16.0 Å². The van der Waals surface area contributed by atoms with Crippen LogP contribution < -0.4 is 11.1 Å². The smallest absolute Gasteiger partial charge is 0.245 e. The maximum absolute atomic E-state index is 13.7. The van der Waals surface area contributed by atoms with E-state index in [0.717, 1.165) is 42.0 Å². The molecule has 1 heterocycles. The van der Waals surface area contributed by atoms with Crippen molar-refractivity contribution in [2.75, 3.05) is 13.1 Å². The zero-order valence-corrected chi connectivity index (χ0v) is 20.7. The van der Waals surface area contributed by atoms with Gasteiger partial charge in [0.2, 0.25) is 11.8 Å². The summed E-state index contributed by atoms with van der Waals surface area (Å²) in [7, 11) is 0. The molecule has 5 nitrogen and oxygen atoms in total. The summed E-state index contributed by atoms with van der Waals surface area (Å²) in [5.41, 5.74) is 9.14. The van der Waals surface area contributed by atoms with Crippen LogP contribution in [0.2, 0.25) is 0 Å². The zero-order valence-electron chi connectivity index (χ0n) is 20.7. The van der Waals surface area contributed by atoms with Gasteiger partial charge in [-0.25, -0.2) is 0 Å². The molecule has 182 valence electrons. The molecule has 1 spiro atoms. The number of aryl methyl sites for hydroxylation is 1. The van der Waals surface area contributed by atoms with Gasteiger partial charge in [0.05, 0.1) is 5.54 Å². The number of carbonyl (C=O) groups excluding carboxylic acids is 2. The molecule has 2 amide bonds. The number of nitrogens with zero attached hydrogens (tertiary/aromatic N) is 1. The highest BCUT2D eigenvalue weighted by Crippen LogP contribution is 2.46. The maximum atomic E-state index is 13.7. The van der Waals surface area contributed by atoms with Crippen LogP contribution in [0.15, 0.2) is 66.7 Å². The first kappa shape index (κ1) is 23.6. The minimum absolute atomic E-state index is 0.0168. The predicted molar refractivity (Wildman–Crippen MR) is 140 cm³/mol. The lowest BCUT2D eigenvalue weighted by atomic mass is 9.73. The molecule has 0 unspecified atom stereocenters. The topological polar surface area (TPSA) is 75.4 Å². The van der Waals surface area contributed by atoms with Crippen molar-refractivity contribution < 1.29 is 9.59 Å². The van der Waals surface area contributed by atoms with Crippen molar-refractivity contribution in [2.45, 2.75) is 62.9 Å². The first-order valence-electron chi connectivity index (χ1n) is 12.7. The normalized spacial score (nSPS) is 17.9. The van der Waals surface area contributed by atoms with Gasteiger partial charge in [0.1, 0.15) is 6.04 Å². The third-order valence-electron chi connectivity index (χ3n) is 7.94. The number of likely N-dealkylation sites (tertiary alicyclic amines) is 1. The van der Waals surface area contributed by atoms with E-state index in [1.54, 1.807) is 13.8 Å². The van der Waals surface area contributed by atoms with Crippen molar-refractivity contribution in [3.63, 3.8) is 0 Å². The average molecular weight is 470 g/mol. The van der Waals surface area contributed by atoms with Gasteiger partial charge in [-0.05, 0) is 72.4 Å². The standard InChI is InChI=1S/C30H35N3O2/c1-29(2,31)28(35)32-26(20-21-11-12-22-7-3-4-9-24(22)19-21)27(34)33-17-15-30(16-18-33)14-13-23-8-5-6-10-25(23)30/h3-12,19,26H,13-18,20,31H2,1-2H3,(H,32,35)/t26-/m1/s1. The van der Waals surface area contributed by atoms with E-state index < -0.39 is 11.6 Å². The van der Waals surface area contributed by atoms with Crippen LogP contribution in [0.25, 0.3) is 10.8 Å². The lowest BCUT2D eigenvalue weighted by Gasteiger charge is -2.41. The predicted octanol–water partition coefficient (Wildman–Crippen LogP) is 4.11. The molecule has 0 bridgehead atoms. The SMILES string of the molecule is CC(C)(N)C(=O)N[C@H](Cc1ccc2ccccc2c1)C(=O)N1CCC2(CCc3ccccc32)CC1. The van der Waals surface area contributed by atoms with Gasteiger partial charge in [0.25, 0.3) is 0 Å². The van der Waals surface area contributed by atoms with Gasteiger partial charge in [-0.15, -0.1) is 0 Å².